The number of para-hydroxylation sites is 1. The van der Waals surface area contributed by atoms with Crippen molar-refractivity contribution < 1.29 is 19.1 Å². The first-order valence-corrected chi connectivity index (χ1v) is 7.56. The predicted molar refractivity (Wildman–Crippen MR) is 81.6 cm³/mol. The van der Waals surface area contributed by atoms with Crippen LogP contribution in [0.25, 0.3) is 11.0 Å². The van der Waals surface area contributed by atoms with E-state index in [1.165, 1.54) is 0 Å². The fraction of sp³-hybridized carbons (Fsp3) is 0.412. The van der Waals surface area contributed by atoms with E-state index in [1.807, 2.05) is 37.3 Å². The van der Waals surface area contributed by atoms with E-state index in [1.54, 1.807) is 4.90 Å². The molecule has 5 nitrogen and oxygen atoms in total. The van der Waals surface area contributed by atoms with Gasteiger partial charge in [-0.3, -0.25) is 9.59 Å². The van der Waals surface area contributed by atoms with Crippen LogP contribution in [0.1, 0.15) is 31.4 Å². The number of carbonyl (C=O) groups excluding carboxylic acids is 1. The van der Waals surface area contributed by atoms with E-state index in [0.717, 1.165) is 17.4 Å². The van der Waals surface area contributed by atoms with Crippen molar-refractivity contribution in [1.29, 1.82) is 0 Å². The van der Waals surface area contributed by atoms with Crippen molar-refractivity contribution >= 4 is 22.8 Å². The molecule has 0 radical (unpaired) electrons. The van der Waals surface area contributed by atoms with E-state index < -0.39 is 17.8 Å². The molecule has 1 aliphatic heterocycles. The number of hydrogen-bond acceptors (Lipinski definition) is 3. The average Bonchev–Trinajstić information content (AvgIpc) is 2.97. The quantitative estimate of drug-likeness (QED) is 0.946. The Bertz CT molecular complexity index is 673. The summed E-state index contributed by atoms with van der Waals surface area (Å²) >= 11 is 0. The number of furan rings is 1. The second-order valence-corrected chi connectivity index (χ2v) is 5.87. The van der Waals surface area contributed by atoms with Crippen LogP contribution in [0.4, 0.5) is 0 Å². The number of amides is 1. The number of rotatable bonds is 3. The first kappa shape index (κ1) is 14.6. The van der Waals surface area contributed by atoms with Crippen LogP contribution in [-0.4, -0.2) is 35.0 Å². The van der Waals surface area contributed by atoms with E-state index in [9.17, 15) is 9.59 Å². The lowest BCUT2D eigenvalue weighted by Crippen LogP contribution is -2.43. The number of carbonyl (C=O) groups is 2. The van der Waals surface area contributed by atoms with Crippen LogP contribution in [0.2, 0.25) is 0 Å². The van der Waals surface area contributed by atoms with Crippen LogP contribution < -0.4 is 0 Å². The van der Waals surface area contributed by atoms with Gasteiger partial charge in [0.2, 0.25) is 5.91 Å². The summed E-state index contributed by atoms with van der Waals surface area (Å²) in [6, 6.07) is 9.52. The Balaban J connectivity index is 1.77. The average molecular weight is 301 g/mol. The van der Waals surface area contributed by atoms with Gasteiger partial charge in [0.1, 0.15) is 11.3 Å². The van der Waals surface area contributed by atoms with Crippen LogP contribution in [0.5, 0.6) is 0 Å². The normalized spacial score (nSPS) is 20.0. The number of benzene rings is 1. The van der Waals surface area contributed by atoms with Gasteiger partial charge in [0.25, 0.3) is 0 Å². The first-order valence-electron chi connectivity index (χ1n) is 7.56. The van der Waals surface area contributed by atoms with Gasteiger partial charge < -0.3 is 14.4 Å². The smallest absolute Gasteiger partial charge is 0.308 e. The molecule has 1 N–H and O–H groups in total. The number of hydrogen-bond donors (Lipinski definition) is 1. The number of carboxylic acids is 1. The maximum Gasteiger partial charge on any atom is 0.308 e. The van der Waals surface area contributed by atoms with Gasteiger partial charge in [-0.05, 0) is 31.9 Å². The number of aliphatic carboxylic acids is 1. The number of nitrogens with zero attached hydrogens (tertiary/aromatic N) is 1. The van der Waals surface area contributed by atoms with Gasteiger partial charge in [0, 0.05) is 18.5 Å². The molecule has 1 aliphatic rings. The van der Waals surface area contributed by atoms with Gasteiger partial charge in [-0.2, -0.15) is 0 Å². The minimum atomic E-state index is -0.825. The zero-order valence-corrected chi connectivity index (χ0v) is 12.5. The Morgan fingerprint density at radius 1 is 1.36 bits per heavy atom. The second kappa shape index (κ2) is 5.83. The minimum Gasteiger partial charge on any atom is -0.481 e. The summed E-state index contributed by atoms with van der Waals surface area (Å²) in [5.41, 5.74) is 0.763. The van der Waals surface area contributed by atoms with E-state index in [4.69, 9.17) is 9.52 Å². The van der Waals surface area contributed by atoms with Crippen molar-refractivity contribution in [3.8, 4) is 0 Å². The molecule has 1 aromatic heterocycles. The highest BCUT2D eigenvalue weighted by molar-refractivity contribution is 5.86. The lowest BCUT2D eigenvalue weighted by molar-refractivity contribution is -0.146. The van der Waals surface area contributed by atoms with Crippen LogP contribution in [0.3, 0.4) is 0 Å². The molecule has 22 heavy (non-hydrogen) atoms. The van der Waals surface area contributed by atoms with Crippen molar-refractivity contribution in [3.05, 3.63) is 36.1 Å². The monoisotopic (exact) mass is 301 g/mol. The van der Waals surface area contributed by atoms with Gasteiger partial charge in [-0.1, -0.05) is 18.2 Å². The fourth-order valence-corrected chi connectivity index (χ4v) is 2.99. The Labute approximate surface area is 128 Å². The molecule has 0 spiro atoms. The standard InChI is InChI=1S/C17H19NO4/c1-11(15-9-12-5-2-3-7-14(12)22-15)16(19)18-8-4-6-13(10-18)17(20)21/h2-3,5,7,9,11,13H,4,6,8,10H2,1H3,(H,20,21). The van der Waals surface area contributed by atoms with Crippen molar-refractivity contribution in [1.82, 2.24) is 4.90 Å². The molecule has 1 amide bonds. The molecule has 0 saturated carbocycles. The SMILES string of the molecule is CC(C(=O)N1CCCC(C(=O)O)C1)c1cc2ccccc2o1. The number of piperidine rings is 1. The molecule has 2 atom stereocenters. The van der Waals surface area contributed by atoms with Gasteiger partial charge in [-0.15, -0.1) is 0 Å². The van der Waals surface area contributed by atoms with Crippen LogP contribution in [0.15, 0.2) is 34.7 Å². The van der Waals surface area contributed by atoms with Crippen LogP contribution in [-0.2, 0) is 9.59 Å². The maximum atomic E-state index is 12.6. The summed E-state index contributed by atoms with van der Waals surface area (Å²) < 4.78 is 5.75. The summed E-state index contributed by atoms with van der Waals surface area (Å²) in [6.45, 7) is 2.72. The molecular weight excluding hydrogens is 282 g/mol. The van der Waals surface area contributed by atoms with Gasteiger partial charge in [-0.25, -0.2) is 0 Å². The zero-order valence-electron chi connectivity index (χ0n) is 12.5. The molecule has 1 saturated heterocycles. The molecular formula is C17H19NO4. The summed E-state index contributed by atoms with van der Waals surface area (Å²) in [6.07, 6.45) is 1.37. The largest absolute Gasteiger partial charge is 0.481 e. The Kier molecular flexibility index (Phi) is 3.88. The highest BCUT2D eigenvalue weighted by Gasteiger charge is 2.31. The number of fused-ring (bicyclic) bond motifs is 1. The number of likely N-dealkylation sites (tertiary alicyclic amines) is 1. The van der Waals surface area contributed by atoms with E-state index >= 15 is 0 Å². The third-order valence-electron chi connectivity index (χ3n) is 4.32. The molecule has 3 rings (SSSR count). The van der Waals surface area contributed by atoms with E-state index in [0.29, 0.717) is 25.3 Å². The van der Waals surface area contributed by atoms with Crippen molar-refractivity contribution in [2.75, 3.05) is 13.1 Å². The predicted octanol–water partition coefficient (Wildman–Crippen LogP) is 2.86. The van der Waals surface area contributed by atoms with E-state index in [-0.39, 0.29) is 5.91 Å². The topological polar surface area (TPSA) is 70.8 Å². The molecule has 0 bridgehead atoms. The molecule has 0 aliphatic carbocycles. The third kappa shape index (κ3) is 2.71. The molecule has 2 heterocycles. The van der Waals surface area contributed by atoms with Gasteiger partial charge >= 0.3 is 5.97 Å². The van der Waals surface area contributed by atoms with Gasteiger partial charge in [0.15, 0.2) is 0 Å². The Morgan fingerprint density at radius 3 is 2.86 bits per heavy atom. The van der Waals surface area contributed by atoms with Crippen molar-refractivity contribution in [2.24, 2.45) is 5.92 Å². The Hall–Kier alpha value is -2.30. The molecule has 2 unspecified atom stereocenters. The maximum absolute atomic E-state index is 12.6. The summed E-state index contributed by atoms with van der Waals surface area (Å²) in [4.78, 5) is 25.4. The van der Waals surface area contributed by atoms with Crippen molar-refractivity contribution in [2.45, 2.75) is 25.7 Å². The lowest BCUT2D eigenvalue weighted by Gasteiger charge is -2.32. The molecule has 2 aromatic rings. The van der Waals surface area contributed by atoms with Crippen molar-refractivity contribution in [3.63, 3.8) is 0 Å². The molecule has 1 aromatic carbocycles. The molecule has 5 heteroatoms. The summed E-state index contributed by atoms with van der Waals surface area (Å²) in [5, 5.41) is 10.1. The highest BCUT2D eigenvalue weighted by Crippen LogP contribution is 2.28. The lowest BCUT2D eigenvalue weighted by atomic mass is 9.96. The van der Waals surface area contributed by atoms with E-state index in [2.05, 4.69) is 0 Å². The first-order chi connectivity index (χ1) is 10.6. The summed E-state index contributed by atoms with van der Waals surface area (Å²) in [5.74, 6) is -1.12. The minimum absolute atomic E-state index is 0.0648. The molecule has 116 valence electrons. The van der Waals surface area contributed by atoms with Gasteiger partial charge in [0.05, 0.1) is 11.8 Å². The third-order valence-corrected chi connectivity index (χ3v) is 4.32. The van der Waals surface area contributed by atoms with Crippen LogP contribution >= 0.6 is 0 Å². The zero-order chi connectivity index (χ0) is 15.7. The molecule has 1 fully saturated rings. The number of carboxylic acid groups (broad SMARTS) is 1. The second-order valence-electron chi connectivity index (χ2n) is 5.87. The summed E-state index contributed by atoms with van der Waals surface area (Å²) in [7, 11) is 0. The highest BCUT2D eigenvalue weighted by atomic mass is 16.4. The van der Waals surface area contributed by atoms with Crippen LogP contribution in [0, 0.1) is 5.92 Å². The fourth-order valence-electron chi connectivity index (χ4n) is 2.99. The Morgan fingerprint density at radius 2 is 2.14 bits per heavy atom.